The molecule has 0 aromatic heterocycles. The Morgan fingerprint density at radius 2 is 2.27 bits per heavy atom. The number of fused-ring (bicyclic) bond motifs is 1. The summed E-state index contributed by atoms with van der Waals surface area (Å²) in [6, 6.07) is 5.56. The van der Waals surface area contributed by atoms with E-state index in [-0.39, 0.29) is 6.79 Å². The third-order valence-electron chi connectivity index (χ3n) is 1.58. The average molecular weight is 152 g/mol. The Kier molecular flexibility index (Phi) is 1.35. The van der Waals surface area contributed by atoms with Gasteiger partial charge in [0.1, 0.15) is 0 Å². The second kappa shape index (κ2) is 2.34. The molecule has 1 aromatic rings. The molecule has 2 rings (SSSR count). The molecule has 1 aromatic carbocycles. The summed E-state index contributed by atoms with van der Waals surface area (Å²) >= 11 is 0. The quantitative estimate of drug-likeness (QED) is 0.609. The van der Waals surface area contributed by atoms with Crippen molar-refractivity contribution in [1.29, 1.82) is 0 Å². The van der Waals surface area contributed by atoms with E-state index in [9.17, 15) is 0 Å². The van der Waals surface area contributed by atoms with Gasteiger partial charge in [0.05, 0.1) is 7.11 Å². The molecule has 11 heavy (non-hydrogen) atoms. The molecule has 0 saturated heterocycles. The van der Waals surface area contributed by atoms with E-state index >= 15 is 0 Å². The number of hydrogen-bond acceptors (Lipinski definition) is 3. The first-order valence-electron chi connectivity index (χ1n) is 3.34. The molecule has 0 saturated carbocycles. The van der Waals surface area contributed by atoms with Crippen molar-refractivity contribution in [3.05, 3.63) is 18.2 Å². The normalized spacial score (nSPS) is 13.2. The summed E-state index contributed by atoms with van der Waals surface area (Å²) in [5.41, 5.74) is 0. The number of benzene rings is 1. The predicted molar refractivity (Wildman–Crippen MR) is 39.1 cm³/mol. The van der Waals surface area contributed by atoms with Crippen molar-refractivity contribution in [3.8, 4) is 17.2 Å². The van der Waals surface area contributed by atoms with E-state index in [2.05, 4.69) is 0 Å². The van der Waals surface area contributed by atoms with Crippen molar-refractivity contribution in [3.63, 3.8) is 0 Å². The van der Waals surface area contributed by atoms with Crippen LogP contribution in [-0.2, 0) is 0 Å². The molecule has 1 aliphatic heterocycles. The molecule has 0 aliphatic carbocycles. The Hall–Kier alpha value is -1.38. The number of hydrogen-bond donors (Lipinski definition) is 0. The van der Waals surface area contributed by atoms with Crippen LogP contribution >= 0.6 is 0 Å². The van der Waals surface area contributed by atoms with E-state index in [0.717, 1.165) is 11.5 Å². The number of rotatable bonds is 1. The second-order valence-electron chi connectivity index (χ2n) is 2.19. The molecular formula is C8H8O3. The molecule has 0 fully saturated rings. The lowest BCUT2D eigenvalue weighted by atomic mass is 10.3. The van der Waals surface area contributed by atoms with Crippen LogP contribution in [0.15, 0.2) is 18.2 Å². The second-order valence-corrected chi connectivity index (χ2v) is 2.19. The topological polar surface area (TPSA) is 27.7 Å². The largest absolute Gasteiger partial charge is 0.493 e. The van der Waals surface area contributed by atoms with Crippen molar-refractivity contribution >= 4 is 0 Å². The number of para-hydroxylation sites is 1. The van der Waals surface area contributed by atoms with Gasteiger partial charge in [0.25, 0.3) is 0 Å². The van der Waals surface area contributed by atoms with Crippen LogP contribution < -0.4 is 14.2 Å². The lowest BCUT2D eigenvalue weighted by molar-refractivity contribution is 0.171. The van der Waals surface area contributed by atoms with Gasteiger partial charge in [-0.1, -0.05) is 6.07 Å². The van der Waals surface area contributed by atoms with Crippen molar-refractivity contribution in [2.24, 2.45) is 0 Å². The molecule has 0 radical (unpaired) electrons. The molecule has 0 spiro atoms. The summed E-state index contributed by atoms with van der Waals surface area (Å²) in [7, 11) is 1.61. The Morgan fingerprint density at radius 1 is 1.36 bits per heavy atom. The van der Waals surface area contributed by atoms with E-state index < -0.39 is 0 Å². The maximum absolute atomic E-state index is 5.17. The van der Waals surface area contributed by atoms with Crippen LogP contribution in [0.4, 0.5) is 0 Å². The summed E-state index contributed by atoms with van der Waals surface area (Å²) in [5.74, 6) is 2.18. The zero-order valence-corrected chi connectivity index (χ0v) is 6.16. The van der Waals surface area contributed by atoms with Crippen LogP contribution in [0.5, 0.6) is 17.2 Å². The number of methoxy groups -OCH3 is 1. The lowest BCUT2D eigenvalue weighted by Crippen LogP contribution is -1.93. The predicted octanol–water partition coefficient (Wildman–Crippen LogP) is 1.42. The summed E-state index contributed by atoms with van der Waals surface area (Å²) in [5, 5.41) is 0. The maximum atomic E-state index is 5.17. The third kappa shape index (κ3) is 0.888. The monoisotopic (exact) mass is 152 g/mol. The van der Waals surface area contributed by atoms with Crippen LogP contribution in [0.1, 0.15) is 0 Å². The van der Waals surface area contributed by atoms with Crippen LogP contribution in [0.25, 0.3) is 0 Å². The molecule has 0 atom stereocenters. The van der Waals surface area contributed by atoms with Crippen molar-refractivity contribution in [1.82, 2.24) is 0 Å². The van der Waals surface area contributed by atoms with Crippen LogP contribution in [0, 0.1) is 0 Å². The van der Waals surface area contributed by atoms with E-state index in [1.54, 1.807) is 7.11 Å². The molecule has 3 heteroatoms. The molecule has 1 aliphatic rings. The summed E-state index contributed by atoms with van der Waals surface area (Å²) in [4.78, 5) is 0. The summed E-state index contributed by atoms with van der Waals surface area (Å²) < 4.78 is 15.4. The maximum Gasteiger partial charge on any atom is 0.231 e. The van der Waals surface area contributed by atoms with Gasteiger partial charge in [-0.2, -0.15) is 0 Å². The smallest absolute Gasteiger partial charge is 0.231 e. The first kappa shape index (κ1) is 6.34. The Bertz CT molecular complexity index is 270. The fourth-order valence-corrected chi connectivity index (χ4v) is 1.06. The van der Waals surface area contributed by atoms with E-state index in [1.165, 1.54) is 0 Å². The highest BCUT2D eigenvalue weighted by atomic mass is 16.7. The first-order valence-corrected chi connectivity index (χ1v) is 3.34. The van der Waals surface area contributed by atoms with Crippen LogP contribution in [0.2, 0.25) is 0 Å². The SMILES string of the molecule is COc1cccc2c1OCO2. The zero-order valence-electron chi connectivity index (χ0n) is 6.16. The van der Waals surface area contributed by atoms with Crippen molar-refractivity contribution < 1.29 is 14.2 Å². The van der Waals surface area contributed by atoms with E-state index in [4.69, 9.17) is 14.2 Å². The molecule has 0 unspecified atom stereocenters. The van der Waals surface area contributed by atoms with Crippen LogP contribution in [0.3, 0.4) is 0 Å². The average Bonchev–Trinajstić information content (AvgIpc) is 2.50. The highest BCUT2D eigenvalue weighted by molar-refractivity contribution is 5.52. The van der Waals surface area contributed by atoms with Gasteiger partial charge in [0.2, 0.25) is 12.5 Å². The minimum absolute atomic E-state index is 0.287. The zero-order chi connectivity index (χ0) is 7.68. The molecular weight excluding hydrogens is 144 g/mol. The van der Waals surface area contributed by atoms with Crippen LogP contribution in [-0.4, -0.2) is 13.9 Å². The van der Waals surface area contributed by atoms with E-state index in [0.29, 0.717) is 5.75 Å². The Morgan fingerprint density at radius 3 is 3.09 bits per heavy atom. The molecule has 3 nitrogen and oxygen atoms in total. The van der Waals surface area contributed by atoms with Gasteiger partial charge < -0.3 is 14.2 Å². The lowest BCUT2D eigenvalue weighted by Gasteiger charge is -2.01. The highest BCUT2D eigenvalue weighted by Gasteiger charge is 2.16. The van der Waals surface area contributed by atoms with Gasteiger partial charge in [-0.15, -0.1) is 0 Å². The van der Waals surface area contributed by atoms with Crippen molar-refractivity contribution in [2.75, 3.05) is 13.9 Å². The van der Waals surface area contributed by atoms with Gasteiger partial charge in [-0.3, -0.25) is 0 Å². The fourth-order valence-electron chi connectivity index (χ4n) is 1.06. The molecule has 58 valence electrons. The van der Waals surface area contributed by atoms with Gasteiger partial charge in [-0.25, -0.2) is 0 Å². The Labute approximate surface area is 64.5 Å². The number of ether oxygens (including phenoxy) is 3. The third-order valence-corrected chi connectivity index (χ3v) is 1.58. The molecule has 0 bridgehead atoms. The molecule has 0 amide bonds. The molecule has 1 heterocycles. The van der Waals surface area contributed by atoms with Gasteiger partial charge in [0, 0.05) is 0 Å². The minimum atomic E-state index is 0.287. The van der Waals surface area contributed by atoms with Gasteiger partial charge in [0.15, 0.2) is 11.5 Å². The standard InChI is InChI=1S/C8H8O3/c1-9-6-3-2-4-7-8(6)11-5-10-7/h2-4H,5H2,1H3. The fraction of sp³-hybridized carbons (Fsp3) is 0.250. The van der Waals surface area contributed by atoms with Gasteiger partial charge >= 0.3 is 0 Å². The van der Waals surface area contributed by atoms with Gasteiger partial charge in [-0.05, 0) is 12.1 Å². The molecule has 0 N–H and O–H groups in total. The summed E-state index contributed by atoms with van der Waals surface area (Å²) in [6.45, 7) is 0.287. The van der Waals surface area contributed by atoms with E-state index in [1.807, 2.05) is 18.2 Å². The summed E-state index contributed by atoms with van der Waals surface area (Å²) in [6.07, 6.45) is 0. The Balaban J connectivity index is 2.50. The first-order chi connectivity index (χ1) is 5.42. The highest BCUT2D eigenvalue weighted by Crippen LogP contribution is 2.39. The van der Waals surface area contributed by atoms with Crippen molar-refractivity contribution in [2.45, 2.75) is 0 Å². The minimum Gasteiger partial charge on any atom is -0.493 e.